The van der Waals surface area contributed by atoms with E-state index in [4.69, 9.17) is 9.84 Å². The van der Waals surface area contributed by atoms with Crippen molar-refractivity contribution in [1.82, 2.24) is 0 Å². The minimum absolute atomic E-state index is 0.00776. The fraction of sp³-hybridized carbons (Fsp3) is 0.750. The number of hydrogen-bond donors (Lipinski definition) is 4. The number of unbranched alkanes of at least 4 members (excludes halogenated alkanes) is 3. The van der Waals surface area contributed by atoms with Crippen molar-refractivity contribution in [2.24, 2.45) is 0 Å². The van der Waals surface area contributed by atoms with Gasteiger partial charge in [-0.05, 0) is 32.1 Å². The molecule has 1 heterocycles. The van der Waals surface area contributed by atoms with Crippen LogP contribution in [0.4, 0.5) is 0 Å². The molecular weight excluding hydrogens is 336 g/mol. The summed E-state index contributed by atoms with van der Waals surface area (Å²) in [5.41, 5.74) is 0. The molecule has 0 aromatic rings. The molecular formula is C20H34O6. The van der Waals surface area contributed by atoms with Crippen molar-refractivity contribution in [3.63, 3.8) is 0 Å². The van der Waals surface area contributed by atoms with Gasteiger partial charge in [0.05, 0.1) is 24.4 Å². The van der Waals surface area contributed by atoms with E-state index in [1.165, 1.54) is 12.8 Å². The van der Waals surface area contributed by atoms with Gasteiger partial charge in [-0.3, -0.25) is 4.79 Å². The Morgan fingerprint density at radius 2 is 2.00 bits per heavy atom. The number of aliphatic hydroxyl groups is 3. The van der Waals surface area contributed by atoms with E-state index in [1.54, 1.807) is 12.2 Å². The van der Waals surface area contributed by atoms with E-state index in [-0.39, 0.29) is 6.42 Å². The Morgan fingerprint density at radius 1 is 1.23 bits per heavy atom. The highest BCUT2D eigenvalue weighted by Gasteiger charge is 2.36. The Morgan fingerprint density at radius 3 is 2.69 bits per heavy atom. The number of rotatable bonds is 13. The first-order valence-electron chi connectivity index (χ1n) is 9.68. The van der Waals surface area contributed by atoms with Crippen LogP contribution in [0.15, 0.2) is 24.3 Å². The van der Waals surface area contributed by atoms with Crippen LogP contribution in [0.2, 0.25) is 0 Å². The summed E-state index contributed by atoms with van der Waals surface area (Å²) >= 11 is 0. The van der Waals surface area contributed by atoms with Crippen LogP contribution in [-0.2, 0) is 9.53 Å². The summed E-state index contributed by atoms with van der Waals surface area (Å²) in [7, 11) is 0. The average Bonchev–Trinajstić information content (AvgIpc) is 2.96. The van der Waals surface area contributed by atoms with Gasteiger partial charge in [0.15, 0.2) is 0 Å². The molecule has 6 heteroatoms. The second-order valence-corrected chi connectivity index (χ2v) is 6.95. The molecule has 0 saturated carbocycles. The van der Waals surface area contributed by atoms with Crippen LogP contribution in [0.5, 0.6) is 0 Å². The summed E-state index contributed by atoms with van der Waals surface area (Å²) in [6.45, 7) is 2.16. The molecule has 1 rings (SSSR count). The maximum absolute atomic E-state index is 10.5. The minimum atomic E-state index is -0.890. The molecule has 0 radical (unpaired) electrons. The van der Waals surface area contributed by atoms with Crippen molar-refractivity contribution in [3.05, 3.63) is 24.3 Å². The van der Waals surface area contributed by atoms with Crippen LogP contribution in [0.1, 0.15) is 64.7 Å². The number of carboxylic acid groups (broad SMARTS) is 1. The minimum Gasteiger partial charge on any atom is -0.481 e. The summed E-state index contributed by atoms with van der Waals surface area (Å²) in [4.78, 5) is 10.5. The summed E-state index contributed by atoms with van der Waals surface area (Å²) in [5, 5.41) is 38.7. The summed E-state index contributed by atoms with van der Waals surface area (Å²) in [5.74, 6) is -0.890. The number of hydrogen-bond acceptors (Lipinski definition) is 5. The molecule has 0 bridgehead atoms. The van der Waals surface area contributed by atoms with E-state index in [1.807, 2.05) is 6.08 Å². The highest BCUT2D eigenvalue weighted by Crippen LogP contribution is 2.26. The fourth-order valence-electron chi connectivity index (χ4n) is 2.97. The van der Waals surface area contributed by atoms with Crippen LogP contribution >= 0.6 is 0 Å². The van der Waals surface area contributed by atoms with E-state index in [2.05, 4.69) is 13.0 Å². The van der Waals surface area contributed by atoms with Crippen molar-refractivity contribution in [1.29, 1.82) is 0 Å². The molecule has 1 fully saturated rings. The smallest absolute Gasteiger partial charge is 0.303 e. The third kappa shape index (κ3) is 9.48. The molecule has 0 amide bonds. The van der Waals surface area contributed by atoms with E-state index in [0.717, 1.165) is 12.8 Å². The summed E-state index contributed by atoms with van der Waals surface area (Å²) in [6, 6.07) is 0. The molecule has 4 N–H and O–H groups in total. The van der Waals surface area contributed by atoms with Gasteiger partial charge in [0.2, 0.25) is 0 Å². The van der Waals surface area contributed by atoms with E-state index >= 15 is 0 Å². The van der Waals surface area contributed by atoms with Crippen LogP contribution in [0.3, 0.4) is 0 Å². The molecule has 150 valence electrons. The zero-order chi connectivity index (χ0) is 19.4. The Balaban J connectivity index is 2.31. The standard InChI is InChI=1S/C20H34O6/c1-2-3-4-5-6-7-9-15(21)12-13-18-17(23)14-19(26-18)16(22)10-8-11-20(24)25/h6-7,12-13,15-19,21-23H,2-5,8-11,14H2,1H3,(H,24,25)/b7-6-,13-12+/t15-,16-,17-,18+,19-/m1/s1. The lowest BCUT2D eigenvalue weighted by Gasteiger charge is -2.17. The van der Waals surface area contributed by atoms with Crippen LogP contribution in [0, 0.1) is 0 Å². The number of aliphatic carboxylic acids is 1. The topological polar surface area (TPSA) is 107 Å². The van der Waals surface area contributed by atoms with Crippen LogP contribution in [-0.4, -0.2) is 56.9 Å². The second-order valence-electron chi connectivity index (χ2n) is 6.95. The SMILES string of the molecule is CCCCC/C=C\C[C@@H](O)/C=C/[C@@H]1O[C@@H]([C@H](O)CCCC(=O)O)C[C@H]1O. The van der Waals surface area contributed by atoms with Gasteiger partial charge in [0.25, 0.3) is 0 Å². The molecule has 0 unspecified atom stereocenters. The molecule has 26 heavy (non-hydrogen) atoms. The lowest BCUT2D eigenvalue weighted by Crippen LogP contribution is -2.26. The number of ether oxygens (including phenoxy) is 1. The first-order valence-corrected chi connectivity index (χ1v) is 9.68. The van der Waals surface area contributed by atoms with Crippen molar-refractivity contribution in [3.8, 4) is 0 Å². The summed E-state index contributed by atoms with van der Waals surface area (Å²) < 4.78 is 5.65. The highest BCUT2D eigenvalue weighted by atomic mass is 16.5. The number of carboxylic acids is 1. The Hall–Kier alpha value is -1.21. The van der Waals surface area contributed by atoms with Crippen molar-refractivity contribution >= 4 is 5.97 Å². The predicted octanol–water partition coefficient (Wildman–Crippen LogP) is 2.56. The van der Waals surface area contributed by atoms with Crippen molar-refractivity contribution in [2.75, 3.05) is 0 Å². The quantitative estimate of drug-likeness (QED) is 0.293. The van der Waals surface area contributed by atoms with Gasteiger partial charge in [-0.25, -0.2) is 0 Å². The Kier molecular flexibility index (Phi) is 11.4. The first kappa shape index (κ1) is 22.8. The molecule has 1 aliphatic heterocycles. The Labute approximate surface area is 156 Å². The first-order chi connectivity index (χ1) is 12.4. The molecule has 5 atom stereocenters. The fourth-order valence-corrected chi connectivity index (χ4v) is 2.97. The van der Waals surface area contributed by atoms with Gasteiger partial charge < -0.3 is 25.2 Å². The van der Waals surface area contributed by atoms with Gasteiger partial charge in [0.1, 0.15) is 6.10 Å². The van der Waals surface area contributed by atoms with Gasteiger partial charge in [-0.2, -0.15) is 0 Å². The van der Waals surface area contributed by atoms with Gasteiger partial charge in [0, 0.05) is 12.8 Å². The van der Waals surface area contributed by atoms with Gasteiger partial charge in [-0.15, -0.1) is 0 Å². The van der Waals surface area contributed by atoms with Crippen molar-refractivity contribution < 1.29 is 30.0 Å². The van der Waals surface area contributed by atoms with E-state index < -0.39 is 36.5 Å². The zero-order valence-electron chi connectivity index (χ0n) is 15.7. The molecule has 6 nitrogen and oxygen atoms in total. The monoisotopic (exact) mass is 370 g/mol. The molecule has 0 aromatic carbocycles. The van der Waals surface area contributed by atoms with Crippen molar-refractivity contribution in [2.45, 2.75) is 95.2 Å². The lowest BCUT2D eigenvalue weighted by atomic mass is 10.0. The number of carbonyl (C=O) groups is 1. The largest absolute Gasteiger partial charge is 0.481 e. The van der Waals surface area contributed by atoms with Gasteiger partial charge in [-0.1, -0.05) is 44.1 Å². The van der Waals surface area contributed by atoms with Gasteiger partial charge >= 0.3 is 5.97 Å². The molecule has 1 saturated heterocycles. The van der Waals surface area contributed by atoms with E-state index in [9.17, 15) is 20.1 Å². The third-order valence-corrected chi connectivity index (χ3v) is 4.55. The molecule has 0 spiro atoms. The second kappa shape index (κ2) is 13.0. The maximum Gasteiger partial charge on any atom is 0.303 e. The lowest BCUT2D eigenvalue weighted by molar-refractivity contribution is -0.137. The molecule has 0 aromatic heterocycles. The van der Waals surface area contributed by atoms with E-state index in [0.29, 0.717) is 25.7 Å². The van der Waals surface area contributed by atoms with Crippen LogP contribution in [0.25, 0.3) is 0 Å². The highest BCUT2D eigenvalue weighted by molar-refractivity contribution is 5.66. The third-order valence-electron chi connectivity index (χ3n) is 4.55. The molecule has 0 aliphatic carbocycles. The predicted molar refractivity (Wildman–Crippen MR) is 99.8 cm³/mol. The zero-order valence-corrected chi connectivity index (χ0v) is 15.7. The maximum atomic E-state index is 10.5. The number of aliphatic hydroxyl groups excluding tert-OH is 3. The van der Waals surface area contributed by atoms with Crippen LogP contribution < -0.4 is 0 Å². The normalized spacial score (nSPS) is 25.9. The number of allylic oxidation sites excluding steroid dienone is 1. The summed E-state index contributed by atoms with van der Waals surface area (Å²) in [6.07, 6.45) is 10.2. The average molecular weight is 370 g/mol. The molecule has 1 aliphatic rings. The Bertz CT molecular complexity index is 448.